The van der Waals surface area contributed by atoms with E-state index < -0.39 is 0 Å². The number of allylic oxidation sites excluding steroid dienone is 3. The van der Waals surface area contributed by atoms with Crippen LogP contribution in [-0.4, -0.2) is 6.71 Å². The van der Waals surface area contributed by atoms with Gasteiger partial charge in [-0.15, -0.1) is 12.6 Å². The molecule has 0 saturated carbocycles. The van der Waals surface area contributed by atoms with Crippen LogP contribution in [-0.2, 0) is 0 Å². The lowest BCUT2D eigenvalue weighted by Crippen LogP contribution is -2.00. The van der Waals surface area contributed by atoms with Crippen LogP contribution in [0, 0.1) is 0 Å². The molecule has 0 aliphatic carbocycles. The van der Waals surface area contributed by atoms with Gasteiger partial charge in [-0.2, -0.15) is 0 Å². The minimum Gasteiger partial charge on any atom is -0.148 e. The van der Waals surface area contributed by atoms with E-state index in [1.807, 2.05) is 6.08 Å². The van der Waals surface area contributed by atoms with Crippen LogP contribution >= 0.6 is 12.6 Å². The second-order valence-electron chi connectivity index (χ2n) is 3.40. The van der Waals surface area contributed by atoms with Gasteiger partial charge in [0, 0.05) is 0 Å². The minimum absolute atomic E-state index is 0.649. The van der Waals surface area contributed by atoms with Crippen LogP contribution < -0.4 is 0 Å². The van der Waals surface area contributed by atoms with Gasteiger partial charge in [0.15, 0.2) is 0 Å². The summed E-state index contributed by atoms with van der Waals surface area (Å²) in [7, 11) is 0. The molecule has 0 amide bonds. The van der Waals surface area contributed by atoms with Crippen LogP contribution in [0.2, 0.25) is 18.5 Å². The van der Waals surface area contributed by atoms with Crippen LogP contribution in [0.5, 0.6) is 0 Å². The highest BCUT2D eigenvalue weighted by Gasteiger charge is 2.33. The molecule has 1 aliphatic heterocycles. The Hall–Kier alpha value is -0.105. The molecular weight excluding hydrogens is 151 g/mol. The number of hydrogen-bond donors (Lipinski definition) is 1. The normalized spacial score (nSPS) is 20.8. The highest BCUT2D eigenvalue weighted by atomic mass is 32.1. The molecule has 1 fully saturated rings. The number of thiol groups is 1. The molecule has 1 saturated heterocycles. The van der Waals surface area contributed by atoms with E-state index in [1.165, 1.54) is 23.1 Å². The van der Waals surface area contributed by atoms with Gasteiger partial charge in [-0.05, 0) is 23.2 Å². The van der Waals surface area contributed by atoms with Crippen molar-refractivity contribution in [2.24, 2.45) is 0 Å². The summed E-state index contributed by atoms with van der Waals surface area (Å²) in [4.78, 5) is 1.22. The molecule has 0 aromatic heterocycles. The monoisotopic (exact) mass is 166 g/mol. The fourth-order valence-corrected chi connectivity index (χ4v) is 1.59. The summed E-state index contributed by atoms with van der Waals surface area (Å²) in [5.41, 5.74) is 1.23. The van der Waals surface area contributed by atoms with Gasteiger partial charge in [0.1, 0.15) is 6.71 Å². The van der Waals surface area contributed by atoms with Gasteiger partial charge >= 0.3 is 0 Å². The van der Waals surface area contributed by atoms with E-state index >= 15 is 0 Å². The molecular formula is C9H15BS. The summed E-state index contributed by atoms with van der Waals surface area (Å²) < 4.78 is 0. The van der Waals surface area contributed by atoms with Crippen molar-refractivity contribution in [2.75, 3.05) is 0 Å². The van der Waals surface area contributed by atoms with E-state index in [2.05, 4.69) is 33.1 Å². The topological polar surface area (TPSA) is 0 Å². The van der Waals surface area contributed by atoms with Gasteiger partial charge in [-0.25, -0.2) is 0 Å². The molecule has 1 heterocycles. The lowest BCUT2D eigenvalue weighted by atomic mass is 9.58. The maximum Gasteiger partial charge on any atom is 0.147 e. The van der Waals surface area contributed by atoms with Crippen LogP contribution in [0.15, 0.2) is 23.1 Å². The summed E-state index contributed by atoms with van der Waals surface area (Å²) in [6.07, 6.45) is 4.66. The van der Waals surface area contributed by atoms with Crippen molar-refractivity contribution in [3.05, 3.63) is 23.1 Å². The van der Waals surface area contributed by atoms with Gasteiger partial charge < -0.3 is 0 Å². The molecule has 0 aromatic rings. The van der Waals surface area contributed by atoms with Crippen molar-refractivity contribution >= 4 is 19.3 Å². The van der Waals surface area contributed by atoms with E-state index in [0.29, 0.717) is 5.82 Å². The van der Waals surface area contributed by atoms with Crippen LogP contribution in [0.1, 0.15) is 13.8 Å². The molecule has 0 N–H and O–H groups in total. The smallest absolute Gasteiger partial charge is 0.147 e. The third-order valence-electron chi connectivity index (χ3n) is 2.47. The second-order valence-corrected chi connectivity index (χ2v) is 3.88. The molecule has 0 aromatic carbocycles. The summed E-state index contributed by atoms with van der Waals surface area (Å²) in [5.74, 6) is 0.649. The quantitative estimate of drug-likeness (QED) is 0.371. The molecule has 0 radical (unpaired) electrons. The van der Waals surface area contributed by atoms with E-state index in [4.69, 9.17) is 0 Å². The Bertz CT molecular complexity index is 192. The standard InChI is InChI=1S/C9H15BS/c1-4-7(2)9(11)8(3)10-5-6-10/h4,8,11H,1,5-6H2,2-3H3/b9-7-. The van der Waals surface area contributed by atoms with Crippen LogP contribution in [0.3, 0.4) is 0 Å². The van der Waals surface area contributed by atoms with Gasteiger partial charge in [-0.1, -0.05) is 32.2 Å². The fraction of sp³-hybridized carbons (Fsp3) is 0.556. The molecule has 1 rings (SSSR count). The maximum atomic E-state index is 4.49. The Labute approximate surface area is 75.3 Å². The summed E-state index contributed by atoms with van der Waals surface area (Å²) in [6.45, 7) is 8.97. The molecule has 2 heteroatoms. The Morgan fingerprint density at radius 1 is 1.64 bits per heavy atom. The lowest BCUT2D eigenvalue weighted by molar-refractivity contribution is 1.14. The van der Waals surface area contributed by atoms with Crippen molar-refractivity contribution in [3.63, 3.8) is 0 Å². The molecule has 0 nitrogen and oxygen atoms in total. The lowest BCUT2D eigenvalue weighted by Gasteiger charge is -2.10. The van der Waals surface area contributed by atoms with Crippen LogP contribution in [0.25, 0.3) is 0 Å². The fourth-order valence-electron chi connectivity index (χ4n) is 1.28. The Kier molecular flexibility index (Phi) is 2.88. The van der Waals surface area contributed by atoms with Gasteiger partial charge in [-0.3, -0.25) is 0 Å². The van der Waals surface area contributed by atoms with Crippen molar-refractivity contribution in [2.45, 2.75) is 32.3 Å². The molecule has 1 atom stereocenters. The van der Waals surface area contributed by atoms with Gasteiger partial charge in [0.25, 0.3) is 0 Å². The second kappa shape index (κ2) is 3.53. The molecule has 11 heavy (non-hydrogen) atoms. The average molecular weight is 166 g/mol. The minimum atomic E-state index is 0.649. The molecule has 0 spiro atoms. The van der Waals surface area contributed by atoms with E-state index in [9.17, 15) is 0 Å². The first-order valence-corrected chi connectivity index (χ1v) is 4.63. The number of rotatable bonds is 3. The van der Waals surface area contributed by atoms with E-state index in [-0.39, 0.29) is 0 Å². The zero-order valence-electron chi connectivity index (χ0n) is 7.30. The van der Waals surface area contributed by atoms with E-state index in [1.54, 1.807) is 0 Å². The Morgan fingerprint density at radius 3 is 2.55 bits per heavy atom. The molecule has 0 bridgehead atoms. The largest absolute Gasteiger partial charge is 0.148 e. The zero-order valence-corrected chi connectivity index (χ0v) is 8.20. The summed E-state index contributed by atoms with van der Waals surface area (Å²) >= 11 is 4.49. The Morgan fingerprint density at radius 2 is 2.18 bits per heavy atom. The van der Waals surface area contributed by atoms with Gasteiger partial charge in [0.2, 0.25) is 0 Å². The first-order chi connectivity index (χ1) is 5.16. The SMILES string of the molecule is C=C/C(C)=C(\S)C(C)B1CC1. The predicted molar refractivity (Wildman–Crippen MR) is 56.7 cm³/mol. The van der Waals surface area contributed by atoms with Crippen molar-refractivity contribution in [3.8, 4) is 0 Å². The third-order valence-corrected chi connectivity index (χ3v) is 3.23. The highest BCUT2D eigenvalue weighted by molar-refractivity contribution is 7.84. The maximum absolute atomic E-state index is 4.49. The van der Waals surface area contributed by atoms with Crippen molar-refractivity contribution in [1.82, 2.24) is 0 Å². The molecule has 60 valence electrons. The first kappa shape index (κ1) is 8.99. The molecule has 1 aliphatic rings. The van der Waals surface area contributed by atoms with Crippen LogP contribution in [0.4, 0.5) is 0 Å². The average Bonchev–Trinajstić information content (AvgIpc) is 2.82. The third kappa shape index (κ3) is 2.16. The summed E-state index contributed by atoms with van der Waals surface area (Å²) in [6, 6.07) is 0. The Balaban J connectivity index is 2.63. The summed E-state index contributed by atoms with van der Waals surface area (Å²) in [5, 5.41) is 0. The van der Waals surface area contributed by atoms with Crippen molar-refractivity contribution in [1.29, 1.82) is 0 Å². The highest BCUT2D eigenvalue weighted by Crippen LogP contribution is 2.39. The number of hydrogen-bond acceptors (Lipinski definition) is 1. The molecule has 1 unspecified atom stereocenters. The van der Waals surface area contributed by atoms with Crippen molar-refractivity contribution < 1.29 is 0 Å². The van der Waals surface area contributed by atoms with Gasteiger partial charge in [0.05, 0.1) is 0 Å². The predicted octanol–water partition coefficient (Wildman–Crippen LogP) is 3.27. The zero-order chi connectivity index (χ0) is 8.43. The first-order valence-electron chi connectivity index (χ1n) is 4.19. The van der Waals surface area contributed by atoms with E-state index in [0.717, 1.165) is 6.71 Å².